The van der Waals surface area contributed by atoms with Crippen LogP contribution in [0.3, 0.4) is 0 Å². The van der Waals surface area contributed by atoms with Gasteiger partial charge in [-0.1, -0.05) is 19.1 Å². The average molecular weight is 229 g/mol. The molecule has 16 heavy (non-hydrogen) atoms. The molecule has 0 unspecified atom stereocenters. The van der Waals surface area contributed by atoms with E-state index in [1.807, 2.05) is 13.8 Å². The number of alkyl halides is 1. The van der Waals surface area contributed by atoms with Gasteiger partial charge >= 0.3 is 5.97 Å². The van der Waals surface area contributed by atoms with Crippen molar-refractivity contribution in [2.75, 3.05) is 6.67 Å². The summed E-state index contributed by atoms with van der Waals surface area (Å²) in [5.74, 6) is -0.775. The van der Waals surface area contributed by atoms with Gasteiger partial charge in [-0.2, -0.15) is 0 Å². The number of carbonyl (C=O) groups is 1. The van der Waals surface area contributed by atoms with Gasteiger partial charge in [-0.3, -0.25) is 4.39 Å². The zero-order valence-electron chi connectivity index (χ0n) is 9.48. The number of hydrogen-bond acceptors (Lipinski definition) is 3. The van der Waals surface area contributed by atoms with E-state index in [2.05, 4.69) is 10.3 Å². The molecular formula is C10H16FN3O2. The first-order valence-corrected chi connectivity index (χ1v) is 5.27. The van der Waals surface area contributed by atoms with E-state index in [0.717, 1.165) is 0 Å². The second kappa shape index (κ2) is 5.58. The number of carboxylic acid groups (broad SMARTS) is 1. The van der Waals surface area contributed by atoms with Crippen LogP contribution in [0.25, 0.3) is 0 Å². The van der Waals surface area contributed by atoms with E-state index in [1.165, 1.54) is 4.68 Å². The standard InChI is InChI=1S/C10H16FN3O2/c1-7(2)6-8-9(10(15)16)12-13-14(8)5-3-4-11/h7H,3-6H2,1-2H3,(H,15,16). The summed E-state index contributed by atoms with van der Waals surface area (Å²) in [6, 6.07) is 0. The highest BCUT2D eigenvalue weighted by atomic mass is 19.1. The molecule has 90 valence electrons. The Kier molecular flexibility index (Phi) is 4.39. The molecule has 0 atom stereocenters. The van der Waals surface area contributed by atoms with Crippen LogP contribution in [0.4, 0.5) is 4.39 Å². The van der Waals surface area contributed by atoms with Crippen LogP contribution in [0.2, 0.25) is 0 Å². The first kappa shape index (κ1) is 12.6. The maximum absolute atomic E-state index is 12.1. The molecule has 1 heterocycles. The lowest BCUT2D eigenvalue weighted by Crippen LogP contribution is -2.11. The maximum Gasteiger partial charge on any atom is 0.358 e. The molecule has 0 amide bonds. The zero-order valence-corrected chi connectivity index (χ0v) is 9.48. The van der Waals surface area contributed by atoms with Crippen molar-refractivity contribution in [2.24, 2.45) is 5.92 Å². The second-order valence-electron chi connectivity index (χ2n) is 4.05. The molecule has 5 nitrogen and oxygen atoms in total. The number of aromatic nitrogens is 3. The lowest BCUT2D eigenvalue weighted by atomic mass is 10.1. The highest BCUT2D eigenvalue weighted by Crippen LogP contribution is 2.12. The molecule has 1 N–H and O–H groups in total. The lowest BCUT2D eigenvalue weighted by Gasteiger charge is -2.08. The van der Waals surface area contributed by atoms with Crippen LogP contribution < -0.4 is 0 Å². The Labute approximate surface area is 93.3 Å². The lowest BCUT2D eigenvalue weighted by molar-refractivity contribution is 0.0689. The molecule has 0 fully saturated rings. The second-order valence-corrected chi connectivity index (χ2v) is 4.05. The van der Waals surface area contributed by atoms with Gasteiger partial charge in [0.05, 0.1) is 12.4 Å². The molecule has 1 aromatic rings. The van der Waals surface area contributed by atoms with Crippen LogP contribution in [0.1, 0.15) is 36.5 Å². The number of nitrogens with zero attached hydrogens (tertiary/aromatic N) is 3. The molecule has 0 aromatic carbocycles. The molecule has 6 heteroatoms. The van der Waals surface area contributed by atoms with E-state index in [0.29, 0.717) is 31.0 Å². The Morgan fingerprint density at radius 2 is 2.25 bits per heavy atom. The summed E-state index contributed by atoms with van der Waals surface area (Å²) in [6.45, 7) is 3.90. The van der Waals surface area contributed by atoms with E-state index in [4.69, 9.17) is 5.11 Å². The van der Waals surface area contributed by atoms with Crippen molar-refractivity contribution < 1.29 is 14.3 Å². The van der Waals surface area contributed by atoms with Crippen molar-refractivity contribution in [3.63, 3.8) is 0 Å². The van der Waals surface area contributed by atoms with Crippen molar-refractivity contribution in [3.05, 3.63) is 11.4 Å². The minimum Gasteiger partial charge on any atom is -0.476 e. The van der Waals surface area contributed by atoms with Gasteiger partial charge in [-0.05, 0) is 18.8 Å². The molecule has 0 aliphatic carbocycles. The van der Waals surface area contributed by atoms with Gasteiger partial charge in [-0.25, -0.2) is 9.48 Å². The summed E-state index contributed by atoms with van der Waals surface area (Å²) in [6.07, 6.45) is 0.911. The number of halogens is 1. The van der Waals surface area contributed by atoms with Gasteiger partial charge in [0, 0.05) is 6.54 Å². The summed E-state index contributed by atoms with van der Waals surface area (Å²) in [5.41, 5.74) is 0.559. The predicted octanol–water partition coefficient (Wildman–Crippen LogP) is 1.53. The molecule has 0 saturated carbocycles. The van der Waals surface area contributed by atoms with E-state index < -0.39 is 12.6 Å². The Bertz CT molecular complexity index is 363. The number of rotatable bonds is 6. The fraction of sp³-hybridized carbons (Fsp3) is 0.700. The van der Waals surface area contributed by atoms with Gasteiger partial charge in [0.15, 0.2) is 5.69 Å². The highest BCUT2D eigenvalue weighted by Gasteiger charge is 2.19. The SMILES string of the molecule is CC(C)Cc1c(C(=O)O)nnn1CCCF. The molecule has 0 radical (unpaired) electrons. The third-order valence-corrected chi connectivity index (χ3v) is 2.15. The predicted molar refractivity (Wildman–Crippen MR) is 56.1 cm³/mol. The molecule has 1 aromatic heterocycles. The van der Waals surface area contributed by atoms with Gasteiger partial charge in [-0.15, -0.1) is 5.10 Å². The topological polar surface area (TPSA) is 68.0 Å². The van der Waals surface area contributed by atoms with Crippen molar-refractivity contribution in [1.29, 1.82) is 0 Å². The zero-order chi connectivity index (χ0) is 12.1. The molecule has 0 aliphatic rings. The molecule has 0 saturated heterocycles. The number of carboxylic acids is 1. The highest BCUT2D eigenvalue weighted by molar-refractivity contribution is 5.86. The third-order valence-electron chi connectivity index (χ3n) is 2.15. The van der Waals surface area contributed by atoms with Crippen molar-refractivity contribution in [2.45, 2.75) is 33.2 Å². The summed E-state index contributed by atoms with van der Waals surface area (Å²) >= 11 is 0. The van der Waals surface area contributed by atoms with Gasteiger partial charge in [0.1, 0.15) is 0 Å². The Balaban J connectivity index is 2.94. The van der Waals surface area contributed by atoms with Crippen molar-refractivity contribution >= 4 is 5.97 Å². The third kappa shape index (κ3) is 3.01. The van der Waals surface area contributed by atoms with Crippen LogP contribution in [-0.4, -0.2) is 32.7 Å². The quantitative estimate of drug-likeness (QED) is 0.803. The van der Waals surface area contributed by atoms with Crippen LogP contribution in [0.5, 0.6) is 0 Å². The number of hydrogen-bond donors (Lipinski definition) is 1. The fourth-order valence-corrected chi connectivity index (χ4v) is 1.48. The summed E-state index contributed by atoms with van der Waals surface area (Å²) in [7, 11) is 0. The van der Waals surface area contributed by atoms with Gasteiger partial charge in [0.2, 0.25) is 0 Å². The molecule has 0 spiro atoms. The summed E-state index contributed by atoms with van der Waals surface area (Å²) in [4.78, 5) is 10.9. The molecule has 1 rings (SSSR count). The van der Waals surface area contributed by atoms with Crippen molar-refractivity contribution in [1.82, 2.24) is 15.0 Å². The summed E-state index contributed by atoms with van der Waals surface area (Å²) < 4.78 is 13.5. The van der Waals surface area contributed by atoms with Crippen LogP contribution >= 0.6 is 0 Å². The van der Waals surface area contributed by atoms with E-state index in [9.17, 15) is 9.18 Å². The largest absolute Gasteiger partial charge is 0.476 e. The van der Waals surface area contributed by atoms with Gasteiger partial charge in [0.25, 0.3) is 0 Å². The number of aromatic carboxylic acids is 1. The Hall–Kier alpha value is -1.46. The van der Waals surface area contributed by atoms with Crippen LogP contribution in [0, 0.1) is 5.92 Å². The molecule has 0 bridgehead atoms. The first-order valence-electron chi connectivity index (χ1n) is 5.27. The smallest absolute Gasteiger partial charge is 0.358 e. The van der Waals surface area contributed by atoms with E-state index >= 15 is 0 Å². The normalized spacial score (nSPS) is 11.0. The number of aryl methyl sites for hydroxylation is 1. The van der Waals surface area contributed by atoms with E-state index in [-0.39, 0.29) is 5.69 Å². The van der Waals surface area contributed by atoms with Gasteiger partial charge < -0.3 is 5.11 Å². The maximum atomic E-state index is 12.1. The van der Waals surface area contributed by atoms with Crippen LogP contribution in [0.15, 0.2) is 0 Å². The fourth-order valence-electron chi connectivity index (χ4n) is 1.48. The first-order chi connectivity index (χ1) is 7.56. The van der Waals surface area contributed by atoms with Crippen molar-refractivity contribution in [3.8, 4) is 0 Å². The minimum atomic E-state index is -1.08. The minimum absolute atomic E-state index is 0.0208. The molecule has 0 aliphatic heterocycles. The Morgan fingerprint density at radius 3 is 2.75 bits per heavy atom. The van der Waals surface area contributed by atoms with E-state index in [1.54, 1.807) is 0 Å². The molecular weight excluding hydrogens is 213 g/mol. The summed E-state index contributed by atoms with van der Waals surface area (Å²) in [5, 5.41) is 16.3. The monoisotopic (exact) mass is 229 g/mol. The Morgan fingerprint density at radius 1 is 1.56 bits per heavy atom. The van der Waals surface area contributed by atoms with Crippen LogP contribution in [-0.2, 0) is 13.0 Å². The average Bonchev–Trinajstić information content (AvgIpc) is 2.57.